The standard InChI is InChI=1S/C14H15N3O2/c1-10-4-3-5-12(8-10)15-13(18)9-17-14(19)7-6-11(2)16-17/h3-8H,9H2,1-2H3,(H,15,18). The van der Waals surface area contributed by atoms with E-state index in [-0.39, 0.29) is 18.0 Å². The van der Waals surface area contributed by atoms with Crippen molar-refractivity contribution >= 4 is 11.6 Å². The monoisotopic (exact) mass is 257 g/mol. The number of carbonyl (C=O) groups is 1. The molecule has 0 saturated carbocycles. The van der Waals surface area contributed by atoms with Crippen LogP contribution < -0.4 is 10.9 Å². The van der Waals surface area contributed by atoms with Crippen molar-refractivity contribution in [1.29, 1.82) is 0 Å². The summed E-state index contributed by atoms with van der Waals surface area (Å²) in [5.41, 5.74) is 2.18. The van der Waals surface area contributed by atoms with Gasteiger partial charge in [0.05, 0.1) is 5.69 Å². The van der Waals surface area contributed by atoms with Crippen LogP contribution in [-0.2, 0) is 11.3 Å². The Kier molecular flexibility index (Phi) is 3.75. The number of aryl methyl sites for hydroxylation is 2. The van der Waals surface area contributed by atoms with Crippen LogP contribution >= 0.6 is 0 Å². The zero-order valence-corrected chi connectivity index (χ0v) is 10.9. The Morgan fingerprint density at radius 2 is 2.05 bits per heavy atom. The number of nitrogens with zero attached hydrogens (tertiary/aromatic N) is 2. The summed E-state index contributed by atoms with van der Waals surface area (Å²) in [6, 6.07) is 10.5. The molecule has 0 aliphatic rings. The van der Waals surface area contributed by atoms with E-state index in [0.29, 0.717) is 11.4 Å². The van der Waals surface area contributed by atoms with Crippen molar-refractivity contribution in [3.63, 3.8) is 0 Å². The number of anilines is 1. The van der Waals surface area contributed by atoms with E-state index in [9.17, 15) is 9.59 Å². The summed E-state index contributed by atoms with van der Waals surface area (Å²) in [6.45, 7) is 3.63. The quantitative estimate of drug-likeness (QED) is 0.906. The number of hydrogen-bond donors (Lipinski definition) is 1. The van der Waals surface area contributed by atoms with Crippen LogP contribution in [0.15, 0.2) is 41.2 Å². The van der Waals surface area contributed by atoms with Crippen LogP contribution in [0.4, 0.5) is 5.69 Å². The van der Waals surface area contributed by atoms with Gasteiger partial charge in [-0.15, -0.1) is 0 Å². The lowest BCUT2D eigenvalue weighted by atomic mass is 10.2. The maximum absolute atomic E-state index is 11.8. The maximum Gasteiger partial charge on any atom is 0.267 e. The van der Waals surface area contributed by atoms with Crippen molar-refractivity contribution in [2.45, 2.75) is 20.4 Å². The lowest BCUT2D eigenvalue weighted by Gasteiger charge is -2.07. The minimum absolute atomic E-state index is 0.0888. The molecule has 1 aromatic carbocycles. The first-order valence-corrected chi connectivity index (χ1v) is 5.96. The summed E-state index contributed by atoms with van der Waals surface area (Å²) in [6.07, 6.45) is 0. The fraction of sp³-hybridized carbons (Fsp3) is 0.214. The minimum Gasteiger partial charge on any atom is -0.324 e. The average molecular weight is 257 g/mol. The molecular weight excluding hydrogens is 242 g/mol. The largest absolute Gasteiger partial charge is 0.324 e. The van der Waals surface area contributed by atoms with Gasteiger partial charge < -0.3 is 5.32 Å². The van der Waals surface area contributed by atoms with Crippen LogP contribution in [0.2, 0.25) is 0 Å². The highest BCUT2D eigenvalue weighted by atomic mass is 16.2. The van der Waals surface area contributed by atoms with E-state index in [1.54, 1.807) is 19.1 Å². The molecule has 0 fully saturated rings. The fourth-order valence-electron chi connectivity index (χ4n) is 1.72. The summed E-state index contributed by atoms with van der Waals surface area (Å²) in [4.78, 5) is 23.4. The molecule has 0 radical (unpaired) electrons. The van der Waals surface area contributed by atoms with Crippen LogP contribution in [0.3, 0.4) is 0 Å². The van der Waals surface area contributed by atoms with Crippen LogP contribution in [0.1, 0.15) is 11.3 Å². The third kappa shape index (κ3) is 3.51. The fourth-order valence-corrected chi connectivity index (χ4v) is 1.72. The number of carbonyl (C=O) groups excluding carboxylic acids is 1. The number of aromatic nitrogens is 2. The second-order valence-corrected chi connectivity index (χ2v) is 4.39. The van der Waals surface area contributed by atoms with Gasteiger partial charge in [-0.3, -0.25) is 9.59 Å². The molecule has 19 heavy (non-hydrogen) atoms. The van der Waals surface area contributed by atoms with Gasteiger partial charge in [0, 0.05) is 11.8 Å². The second kappa shape index (κ2) is 5.48. The zero-order valence-electron chi connectivity index (χ0n) is 10.9. The van der Waals surface area contributed by atoms with E-state index in [2.05, 4.69) is 10.4 Å². The number of rotatable bonds is 3. The number of nitrogens with one attached hydrogen (secondary N) is 1. The molecule has 0 unspecified atom stereocenters. The minimum atomic E-state index is -0.287. The van der Waals surface area contributed by atoms with Crippen molar-refractivity contribution in [3.05, 3.63) is 58.0 Å². The lowest BCUT2D eigenvalue weighted by Crippen LogP contribution is -2.29. The predicted octanol–water partition coefficient (Wildman–Crippen LogP) is 1.50. The third-order valence-corrected chi connectivity index (χ3v) is 2.60. The van der Waals surface area contributed by atoms with Gasteiger partial charge in [-0.2, -0.15) is 5.10 Å². The predicted molar refractivity (Wildman–Crippen MR) is 73.0 cm³/mol. The van der Waals surface area contributed by atoms with Gasteiger partial charge in [0.25, 0.3) is 5.56 Å². The van der Waals surface area contributed by atoms with Crippen LogP contribution in [0, 0.1) is 13.8 Å². The number of benzene rings is 1. The van der Waals surface area contributed by atoms with Crippen molar-refractivity contribution in [1.82, 2.24) is 9.78 Å². The zero-order chi connectivity index (χ0) is 13.8. The van der Waals surface area contributed by atoms with Crippen molar-refractivity contribution < 1.29 is 4.79 Å². The first kappa shape index (κ1) is 13.0. The highest BCUT2D eigenvalue weighted by Gasteiger charge is 2.06. The molecule has 0 aliphatic heterocycles. The molecular formula is C14H15N3O2. The number of amides is 1. The summed E-state index contributed by atoms with van der Waals surface area (Å²) in [7, 11) is 0. The van der Waals surface area contributed by atoms with Gasteiger partial charge >= 0.3 is 0 Å². The van der Waals surface area contributed by atoms with E-state index in [4.69, 9.17) is 0 Å². The molecule has 0 spiro atoms. The molecule has 2 rings (SSSR count). The molecule has 1 aromatic heterocycles. The molecule has 1 heterocycles. The number of hydrogen-bond acceptors (Lipinski definition) is 3. The van der Waals surface area contributed by atoms with E-state index < -0.39 is 0 Å². The topological polar surface area (TPSA) is 64.0 Å². The van der Waals surface area contributed by atoms with Crippen LogP contribution in [0.5, 0.6) is 0 Å². The third-order valence-electron chi connectivity index (χ3n) is 2.60. The summed E-state index contributed by atoms with van der Waals surface area (Å²) in [5.74, 6) is -0.272. The molecule has 0 bridgehead atoms. The maximum atomic E-state index is 11.8. The molecule has 5 nitrogen and oxygen atoms in total. The smallest absolute Gasteiger partial charge is 0.267 e. The summed E-state index contributed by atoms with van der Waals surface area (Å²) >= 11 is 0. The molecule has 98 valence electrons. The van der Waals surface area contributed by atoms with E-state index >= 15 is 0 Å². The molecule has 0 aliphatic carbocycles. The Labute approximate surface area is 110 Å². The molecule has 1 N–H and O–H groups in total. The molecule has 1 amide bonds. The second-order valence-electron chi connectivity index (χ2n) is 4.39. The Morgan fingerprint density at radius 1 is 1.26 bits per heavy atom. The molecule has 0 atom stereocenters. The van der Waals surface area contributed by atoms with E-state index in [0.717, 1.165) is 10.2 Å². The van der Waals surface area contributed by atoms with E-state index in [1.165, 1.54) is 6.07 Å². The highest BCUT2D eigenvalue weighted by molar-refractivity contribution is 5.90. The average Bonchev–Trinajstić information content (AvgIpc) is 2.34. The first-order valence-electron chi connectivity index (χ1n) is 5.96. The Morgan fingerprint density at radius 3 is 2.79 bits per heavy atom. The Bertz CT molecular complexity index is 662. The van der Waals surface area contributed by atoms with Crippen molar-refractivity contribution in [2.75, 3.05) is 5.32 Å². The van der Waals surface area contributed by atoms with E-state index in [1.807, 2.05) is 25.1 Å². The Hall–Kier alpha value is -2.43. The summed E-state index contributed by atoms with van der Waals surface area (Å²) in [5, 5.41) is 6.75. The molecule has 0 saturated heterocycles. The highest BCUT2D eigenvalue weighted by Crippen LogP contribution is 2.09. The van der Waals surface area contributed by atoms with Gasteiger partial charge in [0.1, 0.15) is 6.54 Å². The first-order chi connectivity index (χ1) is 9.04. The van der Waals surface area contributed by atoms with Crippen molar-refractivity contribution in [2.24, 2.45) is 0 Å². The Balaban J connectivity index is 2.09. The SMILES string of the molecule is Cc1cccc(NC(=O)Cn2nc(C)ccc2=O)c1. The molecule has 5 heteroatoms. The van der Waals surface area contributed by atoms with Gasteiger partial charge in [-0.1, -0.05) is 12.1 Å². The lowest BCUT2D eigenvalue weighted by molar-refractivity contribution is -0.117. The van der Waals surface area contributed by atoms with Gasteiger partial charge in [0.15, 0.2) is 0 Å². The van der Waals surface area contributed by atoms with Gasteiger partial charge in [-0.25, -0.2) is 4.68 Å². The summed E-state index contributed by atoms with van der Waals surface area (Å²) < 4.78 is 1.15. The van der Waals surface area contributed by atoms with Crippen molar-refractivity contribution in [3.8, 4) is 0 Å². The van der Waals surface area contributed by atoms with Gasteiger partial charge in [-0.05, 0) is 37.6 Å². The van der Waals surface area contributed by atoms with Crippen LogP contribution in [-0.4, -0.2) is 15.7 Å². The van der Waals surface area contributed by atoms with Crippen LogP contribution in [0.25, 0.3) is 0 Å². The normalized spacial score (nSPS) is 10.2. The molecule has 2 aromatic rings. The van der Waals surface area contributed by atoms with Gasteiger partial charge in [0.2, 0.25) is 5.91 Å².